The van der Waals surface area contributed by atoms with Crippen LogP contribution < -0.4 is 4.90 Å². The molecule has 3 aromatic rings. The van der Waals surface area contributed by atoms with Crippen LogP contribution in [-0.2, 0) is 9.59 Å². The number of benzene rings is 3. The van der Waals surface area contributed by atoms with E-state index in [1.165, 1.54) is 0 Å². The van der Waals surface area contributed by atoms with Gasteiger partial charge in [0.25, 0.3) is 0 Å². The summed E-state index contributed by atoms with van der Waals surface area (Å²) >= 11 is 0. The van der Waals surface area contributed by atoms with Gasteiger partial charge in [0.2, 0.25) is 5.91 Å². The van der Waals surface area contributed by atoms with Gasteiger partial charge in [-0.25, -0.2) is 0 Å². The van der Waals surface area contributed by atoms with Crippen molar-refractivity contribution in [2.24, 2.45) is 10.9 Å². The molecule has 5 rings (SSSR count). The Morgan fingerprint density at radius 1 is 0.875 bits per heavy atom. The summed E-state index contributed by atoms with van der Waals surface area (Å²) in [7, 11) is 0. The van der Waals surface area contributed by atoms with Gasteiger partial charge in [-0.3, -0.25) is 14.6 Å². The Kier molecular flexibility index (Phi) is 5.44. The van der Waals surface area contributed by atoms with Gasteiger partial charge in [0.15, 0.2) is 0 Å². The molecule has 3 aromatic carbocycles. The van der Waals surface area contributed by atoms with Crippen molar-refractivity contribution in [2.45, 2.75) is 38.1 Å². The first-order valence-electron chi connectivity index (χ1n) is 11.3. The zero-order chi connectivity index (χ0) is 22.1. The summed E-state index contributed by atoms with van der Waals surface area (Å²) in [5, 5.41) is 0. The van der Waals surface area contributed by atoms with Crippen LogP contribution in [0.25, 0.3) is 0 Å². The molecule has 0 aromatic heterocycles. The van der Waals surface area contributed by atoms with Gasteiger partial charge in [0, 0.05) is 18.6 Å². The lowest BCUT2D eigenvalue weighted by molar-refractivity contribution is -0.123. The number of carbonyl (C=O) groups excluding carboxylic acids is 2. The van der Waals surface area contributed by atoms with Crippen molar-refractivity contribution in [1.29, 1.82) is 0 Å². The fraction of sp³-hybridized carbons (Fsp3) is 0.250. The van der Waals surface area contributed by atoms with Crippen molar-refractivity contribution in [3.8, 4) is 0 Å². The van der Waals surface area contributed by atoms with Crippen molar-refractivity contribution >= 4 is 28.8 Å². The van der Waals surface area contributed by atoms with E-state index < -0.39 is 12.0 Å². The quantitative estimate of drug-likeness (QED) is 0.518. The van der Waals surface area contributed by atoms with Crippen molar-refractivity contribution in [3.05, 3.63) is 96.1 Å². The van der Waals surface area contributed by atoms with E-state index >= 15 is 0 Å². The van der Waals surface area contributed by atoms with E-state index in [9.17, 15) is 9.59 Å². The van der Waals surface area contributed by atoms with Crippen molar-refractivity contribution in [3.63, 3.8) is 0 Å². The molecule has 1 aliphatic carbocycles. The molecule has 4 heteroatoms. The van der Waals surface area contributed by atoms with Gasteiger partial charge in [0.05, 0.1) is 23.3 Å². The minimum atomic E-state index is -0.444. The molecule has 3 atom stereocenters. The Balaban J connectivity index is 1.69. The summed E-state index contributed by atoms with van der Waals surface area (Å²) in [4.78, 5) is 33.9. The molecule has 4 nitrogen and oxygen atoms in total. The Labute approximate surface area is 188 Å². The number of carbonyl (C=O) groups is 2. The molecule has 1 saturated carbocycles. The molecule has 160 valence electrons. The number of fused-ring (bicyclic) bond motifs is 2. The highest BCUT2D eigenvalue weighted by Gasteiger charge is 2.45. The average Bonchev–Trinajstić information content (AvgIpc) is 2.99. The van der Waals surface area contributed by atoms with Crippen LogP contribution in [0.4, 0.5) is 11.4 Å². The van der Waals surface area contributed by atoms with Crippen LogP contribution in [0.2, 0.25) is 0 Å². The number of hydrogen-bond donors (Lipinski definition) is 0. The van der Waals surface area contributed by atoms with Gasteiger partial charge in [-0.2, -0.15) is 0 Å². The SMILES string of the molecule is CCC(=O)N1c2ccccc2N=C2C[C@@H](c3ccccc3)CC(=O)C2[C@H]1c1ccccc1. The number of nitrogens with zero attached hydrogens (tertiary/aromatic N) is 2. The highest BCUT2D eigenvalue weighted by atomic mass is 16.2. The van der Waals surface area contributed by atoms with Gasteiger partial charge in [-0.15, -0.1) is 0 Å². The number of hydrogen-bond acceptors (Lipinski definition) is 3. The molecule has 0 spiro atoms. The Hall–Kier alpha value is -3.53. The first-order valence-corrected chi connectivity index (χ1v) is 11.3. The second-order valence-corrected chi connectivity index (χ2v) is 8.52. The fourth-order valence-corrected chi connectivity index (χ4v) is 5.11. The lowest BCUT2D eigenvalue weighted by Gasteiger charge is -2.38. The van der Waals surface area contributed by atoms with E-state index in [0.29, 0.717) is 19.3 Å². The summed E-state index contributed by atoms with van der Waals surface area (Å²) < 4.78 is 0. The van der Waals surface area contributed by atoms with Crippen LogP contribution >= 0.6 is 0 Å². The molecule has 0 radical (unpaired) electrons. The largest absolute Gasteiger partial charge is 0.302 e. The molecule has 0 bridgehead atoms. The smallest absolute Gasteiger partial charge is 0.227 e. The molecule has 1 amide bonds. The maximum atomic E-state index is 13.7. The van der Waals surface area contributed by atoms with Crippen molar-refractivity contribution in [1.82, 2.24) is 0 Å². The van der Waals surface area contributed by atoms with Crippen molar-refractivity contribution in [2.75, 3.05) is 4.90 Å². The van der Waals surface area contributed by atoms with E-state index in [2.05, 4.69) is 12.1 Å². The standard InChI is InChI=1S/C28H26N2O2/c1-2-26(32)30-24-16-10-9-15-22(24)29-23-17-21(19-11-5-3-6-12-19)18-25(31)27(23)28(30)20-13-7-4-8-14-20/h3-16,21,27-28H,2,17-18H2,1H3/t21-,27?,28-/m1/s1. The maximum Gasteiger partial charge on any atom is 0.227 e. The van der Waals surface area contributed by atoms with E-state index in [-0.39, 0.29) is 17.6 Å². The molecular formula is C28H26N2O2. The Morgan fingerprint density at radius 3 is 2.19 bits per heavy atom. The number of rotatable bonds is 3. The third kappa shape index (κ3) is 3.56. The van der Waals surface area contributed by atoms with Crippen LogP contribution in [0.15, 0.2) is 89.9 Å². The maximum absolute atomic E-state index is 13.7. The van der Waals surface area contributed by atoms with E-state index in [4.69, 9.17) is 4.99 Å². The Morgan fingerprint density at radius 2 is 1.50 bits per heavy atom. The topological polar surface area (TPSA) is 49.7 Å². The summed E-state index contributed by atoms with van der Waals surface area (Å²) in [5.74, 6) is -0.184. The second-order valence-electron chi connectivity index (χ2n) is 8.52. The van der Waals surface area contributed by atoms with Gasteiger partial charge >= 0.3 is 0 Å². The monoisotopic (exact) mass is 422 g/mol. The predicted octanol–water partition coefficient (Wildman–Crippen LogP) is 6.02. The Bertz CT molecular complexity index is 1170. The summed E-state index contributed by atoms with van der Waals surface area (Å²) in [5.41, 5.74) is 4.55. The van der Waals surface area contributed by atoms with Crippen LogP contribution in [0.1, 0.15) is 49.3 Å². The summed E-state index contributed by atoms with van der Waals surface area (Å²) in [6, 6.07) is 27.5. The third-order valence-electron chi connectivity index (χ3n) is 6.59. The van der Waals surface area contributed by atoms with Crippen molar-refractivity contribution < 1.29 is 9.59 Å². The molecule has 1 fully saturated rings. The number of amides is 1. The van der Waals surface area contributed by atoms with Crippen LogP contribution in [0, 0.1) is 5.92 Å². The number of ketones is 1. The molecular weight excluding hydrogens is 396 g/mol. The highest BCUT2D eigenvalue weighted by Crippen LogP contribution is 2.47. The number of aliphatic imine (C=N–C) groups is 1. The van der Waals surface area contributed by atoms with Crippen LogP contribution in [0.3, 0.4) is 0 Å². The zero-order valence-electron chi connectivity index (χ0n) is 18.1. The summed E-state index contributed by atoms with van der Waals surface area (Å²) in [6.07, 6.45) is 1.54. The van der Waals surface area contributed by atoms with Gasteiger partial charge in [0.1, 0.15) is 5.78 Å². The van der Waals surface area contributed by atoms with E-state index in [1.807, 2.05) is 84.6 Å². The fourth-order valence-electron chi connectivity index (χ4n) is 5.11. The average molecular weight is 423 g/mol. The molecule has 1 heterocycles. The van der Waals surface area contributed by atoms with Gasteiger partial charge in [-0.1, -0.05) is 79.7 Å². The first-order chi connectivity index (χ1) is 15.7. The second kappa shape index (κ2) is 8.54. The van der Waals surface area contributed by atoms with Gasteiger partial charge < -0.3 is 4.90 Å². The minimum absolute atomic E-state index is 0.000681. The van der Waals surface area contributed by atoms with E-state index in [0.717, 1.165) is 28.2 Å². The molecule has 0 saturated heterocycles. The molecule has 1 aliphatic heterocycles. The molecule has 2 aliphatic rings. The normalized spacial score (nSPS) is 22.4. The van der Waals surface area contributed by atoms with E-state index in [1.54, 1.807) is 0 Å². The third-order valence-corrected chi connectivity index (χ3v) is 6.59. The highest BCUT2D eigenvalue weighted by molar-refractivity contribution is 6.13. The summed E-state index contributed by atoms with van der Waals surface area (Å²) in [6.45, 7) is 1.87. The predicted molar refractivity (Wildman–Crippen MR) is 127 cm³/mol. The molecule has 0 N–H and O–H groups in total. The van der Waals surface area contributed by atoms with Gasteiger partial charge in [-0.05, 0) is 35.6 Å². The minimum Gasteiger partial charge on any atom is -0.302 e. The number of para-hydroxylation sites is 2. The van der Waals surface area contributed by atoms with Crippen LogP contribution in [0.5, 0.6) is 0 Å². The molecule has 32 heavy (non-hydrogen) atoms. The number of Topliss-reactive ketones (excluding diaryl/α,β-unsaturated/α-hetero) is 1. The molecule has 1 unspecified atom stereocenters. The lowest BCUT2D eigenvalue weighted by atomic mass is 9.72. The zero-order valence-corrected chi connectivity index (χ0v) is 18.1. The lowest BCUT2D eigenvalue weighted by Crippen LogP contribution is -2.45. The van der Waals surface area contributed by atoms with Crippen LogP contribution in [-0.4, -0.2) is 17.4 Å². The number of anilines is 1. The first kappa shape index (κ1) is 20.4.